The lowest BCUT2D eigenvalue weighted by atomic mass is 10.1. The Morgan fingerprint density at radius 1 is 1.07 bits per heavy atom. The zero-order valence-corrected chi connectivity index (χ0v) is 9.31. The SMILES string of the molecule is Fc1cccc2c1[nH]c1ccc(Br)cc12. The number of nitrogens with one attached hydrogen (secondary N) is 1. The number of rotatable bonds is 0. The minimum Gasteiger partial charge on any atom is -0.352 e. The molecule has 3 heteroatoms. The fraction of sp³-hybridized carbons (Fsp3) is 0. The molecule has 2 aromatic carbocycles. The molecule has 0 radical (unpaired) electrons. The van der Waals surface area contributed by atoms with Crippen molar-refractivity contribution in [1.82, 2.24) is 4.98 Å². The molecule has 0 aliphatic heterocycles. The highest BCUT2D eigenvalue weighted by molar-refractivity contribution is 9.10. The number of hydrogen-bond acceptors (Lipinski definition) is 0. The molecule has 15 heavy (non-hydrogen) atoms. The summed E-state index contributed by atoms with van der Waals surface area (Å²) >= 11 is 3.41. The van der Waals surface area contributed by atoms with E-state index in [0.717, 1.165) is 20.8 Å². The highest BCUT2D eigenvalue weighted by Gasteiger charge is 2.07. The number of fused-ring (bicyclic) bond motifs is 3. The Kier molecular flexibility index (Phi) is 1.83. The van der Waals surface area contributed by atoms with Crippen LogP contribution in [0.1, 0.15) is 0 Å². The van der Waals surface area contributed by atoms with E-state index in [4.69, 9.17) is 0 Å². The lowest BCUT2D eigenvalue weighted by Gasteiger charge is -1.92. The molecule has 0 aliphatic rings. The lowest BCUT2D eigenvalue weighted by Crippen LogP contribution is -1.74. The van der Waals surface area contributed by atoms with Crippen molar-refractivity contribution >= 4 is 37.7 Å². The van der Waals surface area contributed by atoms with E-state index in [1.54, 1.807) is 6.07 Å². The Morgan fingerprint density at radius 3 is 2.80 bits per heavy atom. The van der Waals surface area contributed by atoms with Crippen molar-refractivity contribution in [1.29, 1.82) is 0 Å². The average Bonchev–Trinajstić information content (AvgIpc) is 2.58. The number of aromatic nitrogens is 1. The Balaban J connectivity index is 2.58. The van der Waals surface area contributed by atoms with Crippen LogP contribution in [0.3, 0.4) is 0 Å². The zero-order chi connectivity index (χ0) is 10.4. The zero-order valence-electron chi connectivity index (χ0n) is 7.72. The van der Waals surface area contributed by atoms with Crippen molar-refractivity contribution < 1.29 is 4.39 Å². The van der Waals surface area contributed by atoms with Gasteiger partial charge in [0.2, 0.25) is 0 Å². The first-order chi connectivity index (χ1) is 7.25. The molecule has 1 nitrogen and oxygen atoms in total. The normalized spacial score (nSPS) is 11.3. The van der Waals surface area contributed by atoms with Gasteiger partial charge in [-0.2, -0.15) is 0 Å². The number of halogens is 2. The fourth-order valence-electron chi connectivity index (χ4n) is 1.86. The van der Waals surface area contributed by atoms with Crippen LogP contribution in [0.2, 0.25) is 0 Å². The molecule has 0 saturated carbocycles. The van der Waals surface area contributed by atoms with Crippen LogP contribution in [-0.4, -0.2) is 4.98 Å². The topological polar surface area (TPSA) is 15.8 Å². The summed E-state index contributed by atoms with van der Waals surface area (Å²) in [6, 6.07) is 11.0. The van der Waals surface area contributed by atoms with Gasteiger partial charge in [0.15, 0.2) is 0 Å². The first-order valence-electron chi connectivity index (χ1n) is 4.61. The van der Waals surface area contributed by atoms with Crippen molar-refractivity contribution in [3.05, 3.63) is 46.7 Å². The third-order valence-electron chi connectivity index (χ3n) is 2.55. The van der Waals surface area contributed by atoms with Crippen LogP contribution >= 0.6 is 15.9 Å². The first-order valence-corrected chi connectivity index (χ1v) is 5.40. The molecule has 1 N–H and O–H groups in total. The van der Waals surface area contributed by atoms with Crippen LogP contribution in [0.25, 0.3) is 21.8 Å². The molecule has 1 aromatic heterocycles. The van der Waals surface area contributed by atoms with Gasteiger partial charge in [0.05, 0.1) is 5.52 Å². The number of para-hydroxylation sites is 1. The predicted molar refractivity (Wildman–Crippen MR) is 63.5 cm³/mol. The third-order valence-corrected chi connectivity index (χ3v) is 3.04. The molecule has 0 amide bonds. The minimum absolute atomic E-state index is 0.208. The maximum absolute atomic E-state index is 13.5. The number of H-pyrrole nitrogens is 1. The summed E-state index contributed by atoms with van der Waals surface area (Å²) in [5.41, 5.74) is 1.53. The van der Waals surface area contributed by atoms with E-state index in [0.29, 0.717) is 5.52 Å². The fourth-order valence-corrected chi connectivity index (χ4v) is 2.22. The Hall–Kier alpha value is -1.35. The maximum Gasteiger partial charge on any atom is 0.147 e. The van der Waals surface area contributed by atoms with Crippen molar-refractivity contribution in [2.75, 3.05) is 0 Å². The molecule has 0 fully saturated rings. The molecule has 3 aromatic rings. The molecular weight excluding hydrogens is 257 g/mol. The first kappa shape index (κ1) is 8.92. The quantitative estimate of drug-likeness (QED) is 0.625. The monoisotopic (exact) mass is 263 g/mol. The molecule has 1 heterocycles. The second kappa shape index (κ2) is 3.07. The van der Waals surface area contributed by atoms with Gasteiger partial charge in [0, 0.05) is 20.8 Å². The Labute approximate surface area is 94.0 Å². The van der Waals surface area contributed by atoms with E-state index in [1.165, 1.54) is 6.07 Å². The highest BCUT2D eigenvalue weighted by atomic mass is 79.9. The summed E-state index contributed by atoms with van der Waals surface area (Å²) in [4.78, 5) is 3.08. The number of hydrogen-bond donors (Lipinski definition) is 1. The maximum atomic E-state index is 13.5. The van der Waals surface area contributed by atoms with Crippen molar-refractivity contribution in [3.8, 4) is 0 Å². The minimum atomic E-state index is -0.208. The van der Waals surface area contributed by atoms with Crippen LogP contribution in [0.4, 0.5) is 4.39 Å². The van der Waals surface area contributed by atoms with E-state index in [9.17, 15) is 4.39 Å². The summed E-state index contributed by atoms with van der Waals surface area (Å²) < 4.78 is 14.5. The number of aromatic amines is 1. The smallest absolute Gasteiger partial charge is 0.147 e. The van der Waals surface area contributed by atoms with Crippen LogP contribution in [0.5, 0.6) is 0 Å². The van der Waals surface area contributed by atoms with Crippen molar-refractivity contribution in [3.63, 3.8) is 0 Å². The molecular formula is C12H7BrFN. The molecule has 3 rings (SSSR count). The summed E-state index contributed by atoms with van der Waals surface area (Å²) in [5.74, 6) is -0.208. The van der Waals surface area contributed by atoms with Gasteiger partial charge in [-0.1, -0.05) is 28.1 Å². The largest absolute Gasteiger partial charge is 0.352 e. The van der Waals surface area contributed by atoms with Crippen LogP contribution in [0.15, 0.2) is 40.9 Å². The highest BCUT2D eigenvalue weighted by Crippen LogP contribution is 2.28. The van der Waals surface area contributed by atoms with Crippen molar-refractivity contribution in [2.24, 2.45) is 0 Å². The number of benzene rings is 2. The second-order valence-corrected chi connectivity index (χ2v) is 4.39. The van der Waals surface area contributed by atoms with Crippen molar-refractivity contribution in [2.45, 2.75) is 0 Å². The van der Waals surface area contributed by atoms with Gasteiger partial charge >= 0.3 is 0 Å². The molecule has 0 spiro atoms. The van der Waals surface area contributed by atoms with E-state index in [1.807, 2.05) is 24.3 Å². The van der Waals surface area contributed by atoms with Gasteiger partial charge in [0.1, 0.15) is 5.82 Å². The van der Waals surface area contributed by atoms with Gasteiger partial charge < -0.3 is 4.98 Å². The van der Waals surface area contributed by atoms with Gasteiger partial charge in [-0.3, -0.25) is 0 Å². The second-order valence-electron chi connectivity index (χ2n) is 3.48. The van der Waals surface area contributed by atoms with Crippen LogP contribution in [0, 0.1) is 5.82 Å². The average molecular weight is 264 g/mol. The molecule has 0 saturated heterocycles. The molecule has 0 aliphatic carbocycles. The van der Waals surface area contributed by atoms with Gasteiger partial charge in [-0.25, -0.2) is 4.39 Å². The molecule has 0 bridgehead atoms. The lowest BCUT2D eigenvalue weighted by molar-refractivity contribution is 0.637. The summed E-state index contributed by atoms with van der Waals surface area (Å²) in [5, 5.41) is 1.96. The van der Waals surface area contributed by atoms with Gasteiger partial charge in [-0.05, 0) is 24.3 Å². The molecule has 0 unspecified atom stereocenters. The predicted octanol–water partition coefficient (Wildman–Crippen LogP) is 4.22. The summed E-state index contributed by atoms with van der Waals surface area (Å²) in [6.07, 6.45) is 0. The van der Waals surface area contributed by atoms with E-state index in [-0.39, 0.29) is 5.82 Å². The molecule has 74 valence electrons. The van der Waals surface area contributed by atoms with Gasteiger partial charge in [0.25, 0.3) is 0 Å². The Bertz CT molecular complexity index is 657. The van der Waals surface area contributed by atoms with Gasteiger partial charge in [-0.15, -0.1) is 0 Å². The summed E-state index contributed by atoms with van der Waals surface area (Å²) in [7, 11) is 0. The van der Waals surface area contributed by atoms with E-state index >= 15 is 0 Å². The van der Waals surface area contributed by atoms with Crippen LogP contribution < -0.4 is 0 Å². The third kappa shape index (κ3) is 1.27. The standard InChI is InChI=1S/C12H7BrFN/c13-7-4-5-11-9(6-7)8-2-1-3-10(14)12(8)15-11/h1-6,15H. The Morgan fingerprint density at radius 2 is 1.93 bits per heavy atom. The van der Waals surface area contributed by atoms with E-state index in [2.05, 4.69) is 20.9 Å². The van der Waals surface area contributed by atoms with Crippen LogP contribution in [-0.2, 0) is 0 Å². The summed E-state index contributed by atoms with van der Waals surface area (Å²) in [6.45, 7) is 0. The molecule has 0 atom stereocenters. The van der Waals surface area contributed by atoms with E-state index < -0.39 is 0 Å².